The molecule has 2 N–H and O–H groups in total. The fourth-order valence-electron chi connectivity index (χ4n) is 0.669. The van der Waals surface area contributed by atoms with Gasteiger partial charge >= 0.3 is 0 Å². The van der Waals surface area contributed by atoms with Crippen LogP contribution in [0.1, 0.15) is 13.3 Å². The molecule has 0 aromatic rings. The fourth-order valence-corrected chi connectivity index (χ4v) is 1.45. The Morgan fingerprint density at radius 1 is 1.33 bits per heavy atom. The van der Waals surface area contributed by atoms with Gasteiger partial charge in [-0.1, -0.05) is 0 Å². The minimum absolute atomic E-state index is 0.135. The summed E-state index contributed by atoms with van der Waals surface area (Å²) in [7, 11) is 0. The number of carbonyl (C=O) groups excluding carboxylic acids is 2. The van der Waals surface area contributed by atoms with Crippen molar-refractivity contribution in [3.05, 3.63) is 0 Å². The van der Waals surface area contributed by atoms with Crippen molar-refractivity contribution in [2.24, 2.45) is 0 Å². The molecule has 0 saturated heterocycles. The van der Waals surface area contributed by atoms with Gasteiger partial charge in [0.1, 0.15) is 0 Å². The van der Waals surface area contributed by atoms with E-state index in [1.165, 1.54) is 18.7 Å². The largest absolute Gasteiger partial charge is 0.350 e. The Kier molecular flexibility index (Phi) is 7.98. The second-order valence-corrected chi connectivity index (χ2v) is 3.84. The highest BCUT2D eigenvalue weighted by Crippen LogP contribution is 1.99. The van der Waals surface area contributed by atoms with Crippen molar-refractivity contribution in [3.63, 3.8) is 0 Å². The van der Waals surface area contributed by atoms with E-state index in [2.05, 4.69) is 10.6 Å². The van der Waals surface area contributed by atoms with Crippen LogP contribution in [0.2, 0.25) is 0 Å². The first-order chi connectivity index (χ1) is 7.02. The highest BCUT2D eigenvalue weighted by Gasteiger charge is 2.05. The highest BCUT2D eigenvalue weighted by molar-refractivity contribution is 7.99. The Balaban J connectivity index is 3.28. The van der Waals surface area contributed by atoms with Gasteiger partial charge in [-0.2, -0.15) is 0 Å². The van der Waals surface area contributed by atoms with Gasteiger partial charge in [0.2, 0.25) is 11.8 Å². The molecule has 0 spiro atoms. The summed E-state index contributed by atoms with van der Waals surface area (Å²) in [6.07, 6.45) is -2.34. The van der Waals surface area contributed by atoms with E-state index in [0.29, 0.717) is 11.6 Å². The van der Waals surface area contributed by atoms with Crippen LogP contribution in [0, 0.1) is 0 Å². The minimum atomic E-state index is -2.51. The van der Waals surface area contributed by atoms with Crippen LogP contribution in [0.5, 0.6) is 0 Å². The Hall–Kier alpha value is -0.850. The van der Waals surface area contributed by atoms with Crippen molar-refractivity contribution >= 4 is 23.6 Å². The molecule has 0 rings (SSSR count). The molecule has 0 atom stereocenters. The lowest BCUT2D eigenvalue weighted by Crippen LogP contribution is -2.28. The van der Waals surface area contributed by atoms with Crippen molar-refractivity contribution in [1.82, 2.24) is 10.6 Å². The Morgan fingerprint density at radius 3 is 2.53 bits per heavy atom. The zero-order chi connectivity index (χ0) is 11.7. The molecule has 0 bridgehead atoms. The molecular weight excluding hydrogens is 226 g/mol. The Labute approximate surface area is 91.2 Å². The number of rotatable bonds is 7. The summed E-state index contributed by atoms with van der Waals surface area (Å²) >= 11 is 1.36. The van der Waals surface area contributed by atoms with Crippen molar-refractivity contribution in [3.8, 4) is 0 Å². The smallest absolute Gasteiger partial charge is 0.255 e. The number of thioether (sulfide) groups is 1. The first kappa shape index (κ1) is 14.2. The second-order valence-electron chi connectivity index (χ2n) is 2.73. The van der Waals surface area contributed by atoms with Gasteiger partial charge in [-0.15, -0.1) is 11.8 Å². The van der Waals surface area contributed by atoms with Crippen LogP contribution in [-0.4, -0.2) is 36.4 Å². The molecule has 2 amide bonds. The predicted molar refractivity (Wildman–Crippen MR) is 54.8 cm³/mol. The topological polar surface area (TPSA) is 58.2 Å². The van der Waals surface area contributed by atoms with Crippen molar-refractivity contribution < 1.29 is 18.4 Å². The number of carbonyl (C=O) groups is 2. The van der Waals surface area contributed by atoms with Gasteiger partial charge in [0.15, 0.2) is 0 Å². The standard InChI is InChI=1S/C8H14F2N2O2S/c1-6(13)12-5-15-3-2-8(14)11-4-7(9)10/h7H,2-5H2,1H3,(H,11,14)(H,12,13). The van der Waals surface area contributed by atoms with Gasteiger partial charge in [-0.3, -0.25) is 9.59 Å². The molecule has 0 radical (unpaired) electrons. The molecule has 0 heterocycles. The average Bonchev–Trinajstić information content (AvgIpc) is 2.13. The van der Waals surface area contributed by atoms with E-state index in [1.54, 1.807) is 0 Å². The third-order valence-electron chi connectivity index (χ3n) is 1.35. The summed E-state index contributed by atoms with van der Waals surface area (Å²) in [6, 6.07) is 0. The Bertz CT molecular complexity index is 215. The van der Waals surface area contributed by atoms with Gasteiger partial charge < -0.3 is 10.6 Å². The molecule has 0 aromatic carbocycles. The quantitative estimate of drug-likeness (QED) is 0.505. The normalized spacial score (nSPS) is 10.1. The molecule has 0 aromatic heterocycles. The van der Waals surface area contributed by atoms with Crippen molar-refractivity contribution in [2.45, 2.75) is 19.8 Å². The van der Waals surface area contributed by atoms with E-state index >= 15 is 0 Å². The lowest BCUT2D eigenvalue weighted by molar-refractivity contribution is -0.121. The molecule has 0 aliphatic rings. The number of hydrogen-bond donors (Lipinski definition) is 2. The number of amides is 2. The first-order valence-electron chi connectivity index (χ1n) is 4.39. The molecule has 7 heteroatoms. The molecular formula is C8H14F2N2O2S. The zero-order valence-corrected chi connectivity index (χ0v) is 9.20. The van der Waals surface area contributed by atoms with Gasteiger partial charge in [0, 0.05) is 19.1 Å². The van der Waals surface area contributed by atoms with E-state index in [9.17, 15) is 18.4 Å². The molecule has 0 aliphatic heterocycles. The van der Waals surface area contributed by atoms with Crippen molar-refractivity contribution in [2.75, 3.05) is 18.2 Å². The van der Waals surface area contributed by atoms with Crippen molar-refractivity contribution in [1.29, 1.82) is 0 Å². The first-order valence-corrected chi connectivity index (χ1v) is 5.55. The van der Waals surface area contributed by atoms with Crippen LogP contribution >= 0.6 is 11.8 Å². The Morgan fingerprint density at radius 2 is 2.00 bits per heavy atom. The third-order valence-corrected chi connectivity index (χ3v) is 2.19. The number of halogens is 2. The summed E-state index contributed by atoms with van der Waals surface area (Å²) in [5, 5.41) is 4.63. The maximum atomic E-state index is 11.7. The summed E-state index contributed by atoms with van der Waals surface area (Å²) in [5.41, 5.74) is 0. The van der Waals surface area contributed by atoms with Crippen LogP contribution < -0.4 is 10.6 Å². The summed E-state index contributed by atoms with van der Waals surface area (Å²) in [6.45, 7) is 0.797. The van der Waals surface area contributed by atoms with Gasteiger partial charge in [-0.05, 0) is 0 Å². The molecule has 15 heavy (non-hydrogen) atoms. The number of nitrogens with one attached hydrogen (secondary N) is 2. The second kappa shape index (κ2) is 8.46. The molecule has 0 aliphatic carbocycles. The molecule has 0 saturated carbocycles. The minimum Gasteiger partial charge on any atom is -0.350 e. The van der Waals surface area contributed by atoms with Crippen LogP contribution in [0.3, 0.4) is 0 Å². The lowest BCUT2D eigenvalue weighted by atomic mass is 10.4. The van der Waals surface area contributed by atoms with E-state index < -0.39 is 18.9 Å². The summed E-state index contributed by atoms with van der Waals surface area (Å²) in [4.78, 5) is 21.3. The van der Waals surface area contributed by atoms with Gasteiger partial charge in [-0.25, -0.2) is 8.78 Å². The molecule has 0 fully saturated rings. The maximum Gasteiger partial charge on any atom is 0.255 e. The molecule has 0 unspecified atom stereocenters. The average molecular weight is 240 g/mol. The number of hydrogen-bond acceptors (Lipinski definition) is 3. The van der Waals surface area contributed by atoms with E-state index in [-0.39, 0.29) is 12.3 Å². The monoisotopic (exact) mass is 240 g/mol. The lowest BCUT2D eigenvalue weighted by Gasteiger charge is -2.04. The SMILES string of the molecule is CC(=O)NCSCCC(=O)NCC(F)F. The van der Waals surface area contributed by atoms with E-state index in [0.717, 1.165) is 0 Å². The van der Waals surface area contributed by atoms with Crippen LogP contribution in [0.25, 0.3) is 0 Å². The van der Waals surface area contributed by atoms with Gasteiger partial charge in [0.05, 0.1) is 12.4 Å². The molecule has 4 nitrogen and oxygen atoms in total. The highest BCUT2D eigenvalue weighted by atomic mass is 32.2. The van der Waals surface area contributed by atoms with Crippen LogP contribution in [0.4, 0.5) is 8.78 Å². The zero-order valence-electron chi connectivity index (χ0n) is 8.39. The summed E-state index contributed by atoms with van der Waals surface area (Å²) in [5.74, 6) is 0.391. The number of alkyl halides is 2. The molecule has 88 valence electrons. The third kappa shape index (κ3) is 11.1. The fraction of sp³-hybridized carbons (Fsp3) is 0.750. The predicted octanol–water partition coefficient (Wildman–Crippen LogP) is 0.585. The van der Waals surface area contributed by atoms with Gasteiger partial charge in [0.25, 0.3) is 6.43 Å². The van der Waals surface area contributed by atoms with E-state index in [1.807, 2.05) is 0 Å². The van der Waals surface area contributed by atoms with E-state index in [4.69, 9.17) is 0 Å². The summed E-state index contributed by atoms with van der Waals surface area (Å²) < 4.78 is 23.3. The maximum absolute atomic E-state index is 11.7. The van der Waals surface area contributed by atoms with Crippen LogP contribution in [0.15, 0.2) is 0 Å². The van der Waals surface area contributed by atoms with Crippen LogP contribution in [-0.2, 0) is 9.59 Å².